The Bertz CT molecular complexity index is 586. The molecule has 1 unspecified atom stereocenters. The fraction of sp³-hybridized carbons (Fsp3) is 0.953. The maximum absolute atomic E-state index is 2.72. The van der Waals surface area contributed by atoms with E-state index in [4.69, 9.17) is 0 Å². The van der Waals surface area contributed by atoms with E-state index in [2.05, 4.69) is 43.0 Å². The summed E-state index contributed by atoms with van der Waals surface area (Å²) in [7, 11) is 0. The molecule has 0 saturated carbocycles. The van der Waals surface area contributed by atoms with E-state index in [0.717, 1.165) is 0 Å². The smallest absolute Gasteiger partial charge is 0.101 e. The van der Waals surface area contributed by atoms with Crippen molar-refractivity contribution in [3.8, 4) is 0 Å². The van der Waals surface area contributed by atoms with Gasteiger partial charge in [-0.3, -0.25) is 0 Å². The maximum atomic E-state index is 2.72. The van der Waals surface area contributed by atoms with Gasteiger partial charge in [0.2, 0.25) is 0 Å². The lowest BCUT2D eigenvalue weighted by Crippen LogP contribution is -2.39. The minimum Gasteiger partial charge on any atom is -0.356 e. The minimum absolute atomic E-state index is 0.639. The van der Waals surface area contributed by atoms with Crippen LogP contribution in [-0.4, -0.2) is 29.1 Å². The highest BCUT2D eigenvalue weighted by Crippen LogP contribution is 2.24. The molecule has 45 heavy (non-hydrogen) atoms. The lowest BCUT2D eigenvalue weighted by Gasteiger charge is -2.33. The third-order valence-electron chi connectivity index (χ3n) is 10.6. The normalized spacial score (nSPS) is 14.8. The van der Waals surface area contributed by atoms with Crippen LogP contribution in [-0.2, 0) is 0 Å². The number of nitrogens with zero attached hydrogens (tertiary/aromatic N) is 2. The van der Waals surface area contributed by atoms with E-state index in [0.29, 0.717) is 6.17 Å². The first-order valence-corrected chi connectivity index (χ1v) is 21.5. The highest BCUT2D eigenvalue weighted by atomic mass is 15.4. The van der Waals surface area contributed by atoms with Gasteiger partial charge in [0.15, 0.2) is 0 Å². The van der Waals surface area contributed by atoms with Gasteiger partial charge in [-0.2, -0.15) is 0 Å². The van der Waals surface area contributed by atoms with Crippen LogP contribution in [0.25, 0.3) is 0 Å². The summed E-state index contributed by atoms with van der Waals surface area (Å²) in [4.78, 5) is 5.44. The Hall–Kier alpha value is -0.660. The van der Waals surface area contributed by atoms with Gasteiger partial charge in [0.25, 0.3) is 0 Å². The lowest BCUT2D eigenvalue weighted by molar-refractivity contribution is 0.135. The van der Waals surface area contributed by atoms with Gasteiger partial charge in [-0.25, -0.2) is 0 Å². The molecule has 2 heteroatoms. The van der Waals surface area contributed by atoms with Crippen LogP contribution in [0.15, 0.2) is 12.4 Å². The van der Waals surface area contributed by atoms with Gasteiger partial charge < -0.3 is 9.80 Å². The Balaban J connectivity index is 2.18. The van der Waals surface area contributed by atoms with Crippen LogP contribution in [0.3, 0.4) is 0 Å². The summed E-state index contributed by atoms with van der Waals surface area (Å²) < 4.78 is 0. The molecule has 0 aromatic rings. The Morgan fingerprint density at radius 1 is 0.289 bits per heavy atom. The molecule has 0 aromatic carbocycles. The molecule has 0 spiro atoms. The summed E-state index contributed by atoms with van der Waals surface area (Å²) in [5.41, 5.74) is 0. The highest BCUT2D eigenvalue weighted by molar-refractivity contribution is 4.97. The summed E-state index contributed by atoms with van der Waals surface area (Å²) >= 11 is 0. The molecule has 0 radical (unpaired) electrons. The monoisotopic (exact) mass is 631 g/mol. The highest BCUT2D eigenvalue weighted by Gasteiger charge is 2.24. The van der Waals surface area contributed by atoms with Gasteiger partial charge in [0.05, 0.1) is 0 Å². The van der Waals surface area contributed by atoms with Crippen LogP contribution in [0.2, 0.25) is 0 Å². The maximum Gasteiger partial charge on any atom is 0.101 e. The molecular weight excluding hydrogens is 544 g/mol. The summed E-state index contributed by atoms with van der Waals surface area (Å²) in [6.07, 6.45) is 55.9. The molecule has 1 rings (SSSR count). The second-order valence-electron chi connectivity index (χ2n) is 15.0. The molecule has 1 heterocycles. The molecule has 2 nitrogen and oxygen atoms in total. The van der Waals surface area contributed by atoms with Crippen molar-refractivity contribution in [1.29, 1.82) is 0 Å². The molecule has 1 aliphatic rings. The first kappa shape index (κ1) is 42.4. The van der Waals surface area contributed by atoms with E-state index in [1.54, 1.807) is 0 Å². The third kappa shape index (κ3) is 27.0. The molecule has 0 bridgehead atoms. The van der Waals surface area contributed by atoms with Crippen LogP contribution in [0.4, 0.5) is 0 Å². The first-order valence-electron chi connectivity index (χ1n) is 21.5. The van der Waals surface area contributed by atoms with E-state index >= 15 is 0 Å². The van der Waals surface area contributed by atoms with E-state index in [1.807, 2.05) is 0 Å². The van der Waals surface area contributed by atoms with Crippen molar-refractivity contribution in [3.05, 3.63) is 12.4 Å². The number of rotatable bonds is 37. The van der Waals surface area contributed by atoms with Crippen molar-refractivity contribution in [3.63, 3.8) is 0 Å². The van der Waals surface area contributed by atoms with Crippen LogP contribution in [0.5, 0.6) is 0 Å². The van der Waals surface area contributed by atoms with Gasteiger partial charge in [-0.15, -0.1) is 0 Å². The molecular formula is C43H86N2. The largest absolute Gasteiger partial charge is 0.356 e. The standard InChI is InChI=1S/C43H86N2/c1-4-7-10-13-16-18-20-22-24-26-28-31-34-37-40-45-42-41-44(39-36-33-30-15-12-9-6-3)43(45)38-35-32-29-27-25-23-21-19-17-14-11-8-5-2/h41-43H,4-40H2,1-3H3. The molecule has 268 valence electrons. The van der Waals surface area contributed by atoms with Crippen molar-refractivity contribution in [1.82, 2.24) is 9.80 Å². The van der Waals surface area contributed by atoms with Crippen LogP contribution >= 0.6 is 0 Å². The van der Waals surface area contributed by atoms with Crippen molar-refractivity contribution in [2.75, 3.05) is 13.1 Å². The predicted molar refractivity (Wildman–Crippen MR) is 205 cm³/mol. The average Bonchev–Trinajstić information content (AvgIpc) is 3.43. The summed E-state index contributed by atoms with van der Waals surface area (Å²) in [5, 5.41) is 0. The van der Waals surface area contributed by atoms with Crippen LogP contribution < -0.4 is 0 Å². The Morgan fingerprint density at radius 3 is 0.778 bits per heavy atom. The quantitative estimate of drug-likeness (QED) is 0.0630. The summed E-state index contributed by atoms with van der Waals surface area (Å²) in [5.74, 6) is 0. The second kappa shape index (κ2) is 34.7. The topological polar surface area (TPSA) is 6.48 Å². The Labute approximate surface area is 286 Å². The van der Waals surface area contributed by atoms with Gasteiger partial charge in [0.1, 0.15) is 6.17 Å². The van der Waals surface area contributed by atoms with Crippen LogP contribution in [0, 0.1) is 0 Å². The lowest BCUT2D eigenvalue weighted by atomic mass is 10.0. The summed E-state index contributed by atoms with van der Waals surface area (Å²) in [6.45, 7) is 9.48. The number of unbranched alkanes of at least 4 members (excludes halogenated alkanes) is 31. The van der Waals surface area contributed by atoms with Gasteiger partial charge >= 0.3 is 0 Å². The zero-order chi connectivity index (χ0) is 32.3. The summed E-state index contributed by atoms with van der Waals surface area (Å²) in [6, 6.07) is 0. The predicted octanol–water partition coefficient (Wildman–Crippen LogP) is 15.1. The Morgan fingerprint density at radius 2 is 0.511 bits per heavy atom. The molecule has 0 N–H and O–H groups in total. The van der Waals surface area contributed by atoms with Crippen molar-refractivity contribution in [2.24, 2.45) is 0 Å². The fourth-order valence-electron chi connectivity index (χ4n) is 7.42. The molecule has 1 atom stereocenters. The van der Waals surface area contributed by atoms with Crippen molar-refractivity contribution < 1.29 is 0 Å². The minimum atomic E-state index is 0.639. The van der Waals surface area contributed by atoms with Crippen LogP contribution in [0.1, 0.15) is 245 Å². The zero-order valence-corrected chi connectivity index (χ0v) is 31.8. The first-order chi connectivity index (χ1) is 22.3. The molecule has 0 aliphatic carbocycles. The fourth-order valence-corrected chi connectivity index (χ4v) is 7.42. The van der Waals surface area contributed by atoms with E-state index in [1.165, 1.54) is 238 Å². The third-order valence-corrected chi connectivity index (χ3v) is 10.6. The average molecular weight is 631 g/mol. The number of hydrogen-bond acceptors (Lipinski definition) is 2. The molecule has 0 saturated heterocycles. The molecule has 0 aromatic heterocycles. The van der Waals surface area contributed by atoms with Crippen molar-refractivity contribution >= 4 is 0 Å². The van der Waals surface area contributed by atoms with Gasteiger partial charge in [-0.1, -0.05) is 220 Å². The van der Waals surface area contributed by atoms with Gasteiger partial charge in [0, 0.05) is 25.5 Å². The Kier molecular flexibility index (Phi) is 32.6. The molecule has 1 aliphatic heterocycles. The molecule has 0 fully saturated rings. The SMILES string of the molecule is CCCCCCCCCCCCCCCCN1C=CN(CCCCCCCCC)C1CCCCCCCCCCCCCCC. The van der Waals surface area contributed by atoms with E-state index in [9.17, 15) is 0 Å². The van der Waals surface area contributed by atoms with E-state index < -0.39 is 0 Å². The molecule has 0 amide bonds. The van der Waals surface area contributed by atoms with Crippen molar-refractivity contribution in [2.45, 2.75) is 252 Å². The zero-order valence-electron chi connectivity index (χ0n) is 31.8. The number of hydrogen-bond donors (Lipinski definition) is 0. The van der Waals surface area contributed by atoms with E-state index in [-0.39, 0.29) is 0 Å². The van der Waals surface area contributed by atoms with Gasteiger partial charge in [-0.05, 0) is 25.7 Å². The second-order valence-corrected chi connectivity index (χ2v) is 15.0.